The van der Waals surface area contributed by atoms with Crippen molar-refractivity contribution in [1.82, 2.24) is 4.90 Å². The maximum atomic E-state index is 12.0. The number of ether oxygens (including phenoxy) is 1. The molecule has 0 bridgehead atoms. The van der Waals surface area contributed by atoms with Crippen LogP contribution in [0.2, 0.25) is 0 Å². The summed E-state index contributed by atoms with van der Waals surface area (Å²) in [6, 6.07) is 16.8. The number of carbonyl (C=O) groups excluding carboxylic acids is 1. The summed E-state index contributed by atoms with van der Waals surface area (Å²) in [5.41, 5.74) is 4.23. The molecule has 2 heterocycles. The highest BCUT2D eigenvalue weighted by Crippen LogP contribution is 2.43. The molecule has 25 heavy (non-hydrogen) atoms. The van der Waals surface area contributed by atoms with E-state index in [1.807, 2.05) is 18.2 Å². The number of piperidine rings is 1. The normalized spacial score (nSPS) is 19.2. The first-order valence-electron chi connectivity index (χ1n) is 9.02. The number of anilines is 1. The van der Waals surface area contributed by atoms with Gasteiger partial charge in [-0.05, 0) is 25.0 Å². The highest BCUT2D eigenvalue weighted by molar-refractivity contribution is 5.88. The maximum Gasteiger partial charge on any atom is 0.412 e. The molecule has 0 atom stereocenters. The Morgan fingerprint density at radius 1 is 1.08 bits per heavy atom. The van der Waals surface area contributed by atoms with Gasteiger partial charge in [0, 0.05) is 38.0 Å². The molecule has 0 saturated carbocycles. The third kappa shape index (κ3) is 3.27. The predicted octanol–water partition coefficient (Wildman–Crippen LogP) is 4.09. The molecule has 4 nitrogen and oxygen atoms in total. The Labute approximate surface area is 148 Å². The Morgan fingerprint density at radius 3 is 2.56 bits per heavy atom. The fourth-order valence-corrected chi connectivity index (χ4v) is 3.91. The smallest absolute Gasteiger partial charge is 0.412 e. The van der Waals surface area contributed by atoms with E-state index in [0.717, 1.165) is 50.1 Å². The minimum atomic E-state index is -0.459. The number of hydrogen-bond donors (Lipinski definition) is 1. The van der Waals surface area contributed by atoms with Crippen molar-refractivity contribution in [3.05, 3.63) is 65.2 Å². The van der Waals surface area contributed by atoms with Crippen molar-refractivity contribution >= 4 is 11.8 Å². The largest absolute Gasteiger partial charge is 0.438 e. The van der Waals surface area contributed by atoms with Gasteiger partial charge in [0.1, 0.15) is 5.60 Å². The molecule has 4 rings (SSSR count). The first-order valence-corrected chi connectivity index (χ1v) is 9.02. The van der Waals surface area contributed by atoms with Crippen molar-refractivity contribution in [3.63, 3.8) is 0 Å². The molecule has 4 heteroatoms. The first kappa shape index (κ1) is 16.2. The number of nitrogens with zero attached hydrogens (tertiary/aromatic N) is 1. The van der Waals surface area contributed by atoms with Gasteiger partial charge in [-0.2, -0.15) is 0 Å². The van der Waals surface area contributed by atoms with Crippen molar-refractivity contribution in [3.8, 4) is 0 Å². The van der Waals surface area contributed by atoms with E-state index in [2.05, 4.69) is 47.5 Å². The Bertz CT molecular complexity index is 762. The molecule has 2 aliphatic heterocycles. The molecule has 1 saturated heterocycles. The van der Waals surface area contributed by atoms with Gasteiger partial charge in [-0.1, -0.05) is 48.0 Å². The quantitative estimate of drug-likeness (QED) is 0.918. The van der Waals surface area contributed by atoms with Crippen LogP contribution in [0, 0.1) is 6.92 Å². The summed E-state index contributed by atoms with van der Waals surface area (Å²) in [6.07, 6.45) is 2.44. The van der Waals surface area contributed by atoms with Crippen LogP contribution in [0.5, 0.6) is 0 Å². The van der Waals surface area contributed by atoms with Gasteiger partial charge < -0.3 is 9.64 Å². The van der Waals surface area contributed by atoms with Gasteiger partial charge in [-0.3, -0.25) is 5.32 Å². The van der Waals surface area contributed by atoms with E-state index in [9.17, 15) is 4.79 Å². The second-order valence-electron chi connectivity index (χ2n) is 7.13. The Kier molecular flexibility index (Phi) is 4.22. The van der Waals surface area contributed by atoms with Crippen molar-refractivity contribution < 1.29 is 9.53 Å². The van der Waals surface area contributed by atoms with Crippen molar-refractivity contribution in [2.24, 2.45) is 0 Å². The topological polar surface area (TPSA) is 41.6 Å². The minimum Gasteiger partial charge on any atom is -0.438 e. The van der Waals surface area contributed by atoms with Gasteiger partial charge in [-0.15, -0.1) is 0 Å². The van der Waals surface area contributed by atoms with E-state index >= 15 is 0 Å². The summed E-state index contributed by atoms with van der Waals surface area (Å²) >= 11 is 0. The van der Waals surface area contributed by atoms with E-state index < -0.39 is 5.60 Å². The second kappa shape index (κ2) is 6.52. The number of likely N-dealkylation sites (tertiary alicyclic amines) is 1. The second-order valence-corrected chi connectivity index (χ2v) is 7.13. The zero-order valence-electron chi connectivity index (χ0n) is 14.6. The lowest BCUT2D eigenvalue weighted by Gasteiger charge is -2.44. The lowest BCUT2D eigenvalue weighted by molar-refractivity contribution is -0.0375. The van der Waals surface area contributed by atoms with Crippen LogP contribution in [0.25, 0.3) is 0 Å². The molecule has 1 amide bonds. The molecule has 2 aromatic rings. The summed E-state index contributed by atoms with van der Waals surface area (Å²) in [5.74, 6) is 0. The number of fused-ring (bicyclic) bond motifs is 2. The van der Waals surface area contributed by atoms with Gasteiger partial charge in [0.2, 0.25) is 0 Å². The molecular formula is C21H24N2O2. The Balaban J connectivity index is 1.41. The number of rotatable bonds is 3. The maximum absolute atomic E-state index is 12.0. The third-order valence-corrected chi connectivity index (χ3v) is 5.44. The van der Waals surface area contributed by atoms with Crippen LogP contribution in [-0.4, -0.2) is 30.6 Å². The van der Waals surface area contributed by atoms with E-state index in [0.29, 0.717) is 0 Å². The Morgan fingerprint density at radius 2 is 1.80 bits per heavy atom. The van der Waals surface area contributed by atoms with Gasteiger partial charge in [0.25, 0.3) is 0 Å². The van der Waals surface area contributed by atoms with Gasteiger partial charge in [-0.25, -0.2) is 4.79 Å². The van der Waals surface area contributed by atoms with Gasteiger partial charge in [0.05, 0.1) is 5.69 Å². The summed E-state index contributed by atoms with van der Waals surface area (Å²) in [6.45, 7) is 5.07. The summed E-state index contributed by atoms with van der Waals surface area (Å²) < 4.78 is 5.79. The number of benzene rings is 2. The average molecular weight is 336 g/mol. The van der Waals surface area contributed by atoms with Crippen molar-refractivity contribution in [2.75, 3.05) is 25.0 Å². The molecule has 2 aliphatic rings. The van der Waals surface area contributed by atoms with E-state index in [1.165, 1.54) is 11.1 Å². The summed E-state index contributed by atoms with van der Waals surface area (Å²) in [5, 5.41) is 2.82. The van der Waals surface area contributed by atoms with E-state index in [4.69, 9.17) is 4.74 Å². The highest BCUT2D eigenvalue weighted by Gasteiger charge is 2.44. The number of amides is 1. The van der Waals surface area contributed by atoms with Gasteiger partial charge in [0.15, 0.2) is 0 Å². The standard InChI is InChI=1S/C21H24N2O2/c1-16-6-8-17(9-7-16)10-13-23-14-11-21(12-15-23)18-4-2-3-5-19(18)22-20(24)25-21/h2-9H,10-15H2,1H3,(H,22,24). The van der Waals surface area contributed by atoms with Crippen LogP contribution in [0.1, 0.15) is 29.5 Å². The number of aryl methyl sites for hydroxylation is 1. The van der Waals surface area contributed by atoms with Crippen LogP contribution in [0.4, 0.5) is 10.5 Å². The lowest BCUT2D eigenvalue weighted by Crippen LogP contribution is -2.48. The molecule has 0 aromatic heterocycles. The zero-order valence-corrected chi connectivity index (χ0v) is 14.6. The average Bonchev–Trinajstić information content (AvgIpc) is 2.62. The number of nitrogens with one attached hydrogen (secondary N) is 1. The van der Waals surface area contributed by atoms with Crippen molar-refractivity contribution in [1.29, 1.82) is 0 Å². The molecule has 2 aromatic carbocycles. The highest BCUT2D eigenvalue weighted by atomic mass is 16.6. The molecule has 0 radical (unpaired) electrons. The molecule has 1 fully saturated rings. The molecule has 1 spiro atoms. The molecule has 0 unspecified atom stereocenters. The fraction of sp³-hybridized carbons (Fsp3) is 0.381. The number of hydrogen-bond acceptors (Lipinski definition) is 3. The van der Waals surface area contributed by atoms with Gasteiger partial charge >= 0.3 is 6.09 Å². The van der Waals surface area contributed by atoms with Crippen LogP contribution in [-0.2, 0) is 16.8 Å². The lowest BCUT2D eigenvalue weighted by atomic mass is 9.82. The van der Waals surface area contributed by atoms with Crippen LogP contribution in [0.15, 0.2) is 48.5 Å². The van der Waals surface area contributed by atoms with Crippen LogP contribution < -0.4 is 5.32 Å². The molecular weight excluding hydrogens is 312 g/mol. The molecule has 130 valence electrons. The monoisotopic (exact) mass is 336 g/mol. The zero-order chi connectivity index (χ0) is 17.3. The van der Waals surface area contributed by atoms with E-state index in [1.54, 1.807) is 0 Å². The SMILES string of the molecule is Cc1ccc(CCN2CCC3(CC2)OC(=O)Nc2ccccc23)cc1. The first-order chi connectivity index (χ1) is 12.1. The van der Waals surface area contributed by atoms with Crippen molar-refractivity contribution in [2.45, 2.75) is 31.8 Å². The minimum absolute atomic E-state index is 0.327. The summed E-state index contributed by atoms with van der Waals surface area (Å²) in [4.78, 5) is 14.4. The van der Waals surface area contributed by atoms with E-state index in [-0.39, 0.29) is 6.09 Å². The molecule has 0 aliphatic carbocycles. The number of carbonyl (C=O) groups is 1. The number of para-hydroxylation sites is 1. The summed E-state index contributed by atoms with van der Waals surface area (Å²) in [7, 11) is 0. The fourth-order valence-electron chi connectivity index (χ4n) is 3.91. The Hall–Kier alpha value is -2.33. The third-order valence-electron chi connectivity index (χ3n) is 5.44. The van der Waals surface area contributed by atoms with Crippen LogP contribution in [0.3, 0.4) is 0 Å². The molecule has 1 N–H and O–H groups in total. The van der Waals surface area contributed by atoms with Crippen LogP contribution >= 0.6 is 0 Å². The predicted molar refractivity (Wildman–Crippen MR) is 98.8 cm³/mol.